The van der Waals surface area contributed by atoms with Crippen molar-refractivity contribution in [3.05, 3.63) is 0 Å². The van der Waals surface area contributed by atoms with Crippen LogP contribution in [-0.2, 0) is 4.79 Å². The molecule has 0 aliphatic carbocycles. The predicted octanol–water partition coefficient (Wildman–Crippen LogP) is 0.481. The molecule has 0 unspecified atom stereocenters. The van der Waals surface area contributed by atoms with E-state index in [2.05, 4.69) is 0 Å². The summed E-state index contributed by atoms with van der Waals surface area (Å²) < 4.78 is 0. The molecule has 0 aromatic heterocycles. The monoisotopic (exact) mass is 243 g/mol. The average Bonchev–Trinajstić information content (AvgIpc) is 1.38. The van der Waals surface area contributed by atoms with Crippen LogP contribution >= 0.6 is 0 Å². The van der Waals surface area contributed by atoms with E-state index in [0.717, 1.165) is 0 Å². The number of hydrogen-bond acceptors (Lipinski definition) is 1. The maximum Gasteiger partial charge on any atom is 0.303 e. The second-order valence-electron chi connectivity index (χ2n) is 0.747. The molecule has 2 nitrogen and oxygen atoms in total. The van der Waals surface area contributed by atoms with E-state index < -0.39 is 5.97 Å². The first-order valence-corrected chi connectivity index (χ1v) is 1.49. The molecule has 0 saturated carbocycles. The first-order valence-electron chi connectivity index (χ1n) is 1.49. The van der Waals surface area contributed by atoms with E-state index in [9.17, 15) is 4.79 Å². The van der Waals surface area contributed by atoms with Gasteiger partial charge in [0.2, 0.25) is 0 Å². The summed E-state index contributed by atoms with van der Waals surface area (Å²) in [5.74, 6) is -0.745. The summed E-state index contributed by atoms with van der Waals surface area (Å²) in [4.78, 5) is 9.37. The summed E-state index contributed by atoms with van der Waals surface area (Å²) in [6, 6.07) is 0. The molecule has 0 bridgehead atoms. The van der Waals surface area contributed by atoms with E-state index in [-0.39, 0.29) is 43.3 Å². The van der Waals surface area contributed by atoms with Crippen molar-refractivity contribution < 1.29 is 46.8 Å². The third kappa shape index (κ3) is 8.83. The minimum Gasteiger partial charge on any atom is -0.481 e. The molecule has 43 valence electrons. The second-order valence-corrected chi connectivity index (χ2v) is 0.747. The van der Waals surface area contributed by atoms with Gasteiger partial charge in [-0.1, -0.05) is 6.92 Å². The fourth-order valence-electron chi connectivity index (χ4n) is 0. The molecule has 3 heteroatoms. The Hall–Kier alpha value is 0.704. The van der Waals surface area contributed by atoms with Gasteiger partial charge in [0, 0.05) is 43.3 Å². The zero-order valence-electron chi connectivity index (χ0n) is 3.34. The normalized spacial score (nSPS) is 6.17. The molecule has 0 spiro atoms. The maximum absolute atomic E-state index is 9.37. The van der Waals surface area contributed by atoms with Crippen LogP contribution in [0.1, 0.15) is 13.3 Å². The van der Waals surface area contributed by atoms with E-state index in [4.69, 9.17) is 5.11 Å². The molecule has 6 heavy (non-hydrogen) atoms. The zero-order valence-corrected chi connectivity index (χ0v) is 5.12. The van der Waals surface area contributed by atoms with E-state index in [0.29, 0.717) is 0 Å². The Kier molecular flexibility index (Phi) is 9.37. The van der Waals surface area contributed by atoms with Gasteiger partial charge in [-0.3, -0.25) is 4.79 Å². The van der Waals surface area contributed by atoms with Crippen LogP contribution in [0.5, 0.6) is 0 Å². The van der Waals surface area contributed by atoms with Crippen LogP contribution in [0.15, 0.2) is 0 Å². The van der Waals surface area contributed by atoms with Gasteiger partial charge < -0.3 is 5.11 Å². The molecule has 0 aliphatic rings. The van der Waals surface area contributed by atoms with Crippen LogP contribution in [0.2, 0.25) is 0 Å². The molecule has 0 fully saturated rings. The van der Waals surface area contributed by atoms with Crippen molar-refractivity contribution in [1.82, 2.24) is 0 Å². The number of carbonyl (C=O) groups is 1. The Labute approximate surface area is 65.7 Å². The summed E-state index contributed by atoms with van der Waals surface area (Å²) in [7, 11) is 0. The van der Waals surface area contributed by atoms with Crippen molar-refractivity contribution in [1.29, 1.82) is 0 Å². The third-order valence-electron chi connectivity index (χ3n) is 0.302. The van der Waals surface area contributed by atoms with Crippen molar-refractivity contribution in [2.75, 3.05) is 0 Å². The minimum absolute atomic E-state index is 0. The maximum atomic E-state index is 9.37. The number of rotatable bonds is 1. The fraction of sp³-hybridized carbons (Fsp3) is 0.667. The average molecular weight is 243 g/mol. The van der Waals surface area contributed by atoms with Crippen molar-refractivity contribution in [2.45, 2.75) is 13.3 Å². The smallest absolute Gasteiger partial charge is 0.303 e. The molecule has 1 N–H and O–H groups in total. The number of carboxylic acids is 1. The molecule has 0 aliphatic heterocycles. The van der Waals surface area contributed by atoms with Crippen LogP contribution in [0.3, 0.4) is 0 Å². The molecule has 0 aromatic carbocycles. The van der Waals surface area contributed by atoms with Crippen molar-refractivity contribution in [2.24, 2.45) is 0 Å². The van der Waals surface area contributed by atoms with Gasteiger partial charge in [0.05, 0.1) is 0 Å². The molecule has 0 amide bonds. The summed E-state index contributed by atoms with van der Waals surface area (Å²) >= 11 is 0. The van der Waals surface area contributed by atoms with Gasteiger partial charge in [-0.2, -0.15) is 0 Å². The Morgan fingerprint density at radius 3 is 2.00 bits per heavy atom. The topological polar surface area (TPSA) is 37.3 Å². The van der Waals surface area contributed by atoms with E-state index in [1.54, 1.807) is 6.92 Å². The summed E-state index contributed by atoms with van der Waals surface area (Å²) in [5.41, 5.74) is 0. The second kappa shape index (κ2) is 5.70. The van der Waals surface area contributed by atoms with E-state index in [1.165, 1.54) is 0 Å². The molecular weight excluding hydrogens is 237 g/mol. The predicted molar refractivity (Wildman–Crippen MR) is 17.9 cm³/mol. The molecule has 0 heterocycles. The standard InChI is InChI=1S/C3H6O2.Tm/c1-2-3(4)5;/h2H2,1H3,(H,4,5);. The molecule has 0 saturated heterocycles. The minimum atomic E-state index is -0.745. The van der Waals surface area contributed by atoms with Crippen LogP contribution < -0.4 is 0 Å². The van der Waals surface area contributed by atoms with Crippen molar-refractivity contribution >= 4 is 5.97 Å². The van der Waals surface area contributed by atoms with Crippen LogP contribution in [0.25, 0.3) is 0 Å². The van der Waals surface area contributed by atoms with Crippen molar-refractivity contribution in [3.63, 3.8) is 0 Å². The van der Waals surface area contributed by atoms with Gasteiger partial charge in [-0.25, -0.2) is 0 Å². The van der Waals surface area contributed by atoms with Crippen LogP contribution in [0, 0.1) is 36.9 Å². The van der Waals surface area contributed by atoms with Crippen molar-refractivity contribution in [3.8, 4) is 0 Å². The van der Waals surface area contributed by atoms with E-state index >= 15 is 0 Å². The third-order valence-corrected chi connectivity index (χ3v) is 0.302. The fourth-order valence-corrected chi connectivity index (χ4v) is 0. The van der Waals surface area contributed by atoms with Crippen LogP contribution in [-0.4, -0.2) is 11.1 Å². The van der Waals surface area contributed by atoms with Gasteiger partial charge in [0.25, 0.3) is 0 Å². The van der Waals surface area contributed by atoms with E-state index in [1.807, 2.05) is 0 Å². The Balaban J connectivity index is 0. The quantitative estimate of drug-likeness (QED) is 0.727. The first kappa shape index (κ1) is 9.86. The molecule has 1 radical (unpaired) electrons. The summed E-state index contributed by atoms with van der Waals surface area (Å²) in [6.07, 6.45) is 0.222. The van der Waals surface area contributed by atoms with Gasteiger partial charge in [0.15, 0.2) is 0 Å². The zero-order chi connectivity index (χ0) is 4.28. The Morgan fingerprint density at radius 2 is 2.00 bits per heavy atom. The van der Waals surface area contributed by atoms with Crippen LogP contribution in [0.4, 0.5) is 0 Å². The number of hydrogen-bond donors (Lipinski definition) is 1. The number of carboxylic acid groups (broad SMARTS) is 1. The summed E-state index contributed by atoms with van der Waals surface area (Å²) in [6.45, 7) is 1.60. The number of aliphatic carboxylic acids is 1. The molecule has 0 rings (SSSR count). The Morgan fingerprint density at radius 1 is 1.83 bits per heavy atom. The van der Waals surface area contributed by atoms with Gasteiger partial charge in [-0.15, -0.1) is 0 Å². The Bertz CT molecular complexity index is 44.1. The summed E-state index contributed by atoms with van der Waals surface area (Å²) in [5, 5.41) is 7.72. The van der Waals surface area contributed by atoms with Gasteiger partial charge >= 0.3 is 5.97 Å². The molecule has 0 aromatic rings. The van der Waals surface area contributed by atoms with Gasteiger partial charge in [-0.05, 0) is 0 Å². The molecular formula is C3H6O2Tm. The van der Waals surface area contributed by atoms with Gasteiger partial charge in [0.1, 0.15) is 0 Å². The first-order chi connectivity index (χ1) is 2.27. The molecule has 0 atom stereocenters. The SMILES string of the molecule is CCC(=O)O.[Tm]. The largest absolute Gasteiger partial charge is 0.481 e.